The number of anilines is 3. The molecule has 10 aromatic rings. The predicted molar refractivity (Wildman–Crippen MR) is 203 cm³/mol. The van der Waals surface area contributed by atoms with E-state index in [2.05, 4.69) is 179 Å². The van der Waals surface area contributed by atoms with Crippen molar-refractivity contribution in [1.82, 2.24) is 4.57 Å². The Morgan fingerprint density at radius 3 is 1.91 bits per heavy atom. The van der Waals surface area contributed by atoms with Crippen LogP contribution in [0.2, 0.25) is 0 Å². The van der Waals surface area contributed by atoms with Crippen molar-refractivity contribution in [3.8, 4) is 5.69 Å². The fourth-order valence-corrected chi connectivity index (χ4v) is 8.54. The van der Waals surface area contributed by atoms with E-state index >= 15 is 0 Å². The zero-order chi connectivity index (χ0) is 30.9. The number of benzene rings is 8. The lowest BCUT2D eigenvalue weighted by Gasteiger charge is -2.28. The van der Waals surface area contributed by atoms with E-state index in [1.165, 1.54) is 74.9 Å². The molecule has 0 aliphatic carbocycles. The monoisotopic (exact) mass is 616 g/mol. The number of fused-ring (bicyclic) bond motifs is 9. The summed E-state index contributed by atoms with van der Waals surface area (Å²) in [7, 11) is 0. The summed E-state index contributed by atoms with van der Waals surface area (Å²) in [4.78, 5) is 2.42. The van der Waals surface area contributed by atoms with Crippen LogP contribution in [0.1, 0.15) is 0 Å². The van der Waals surface area contributed by atoms with Gasteiger partial charge in [0.1, 0.15) is 0 Å². The summed E-state index contributed by atoms with van der Waals surface area (Å²) in [6.07, 6.45) is 0. The average Bonchev–Trinajstić information content (AvgIpc) is 3.67. The summed E-state index contributed by atoms with van der Waals surface area (Å²) in [6, 6.07) is 62.0. The highest BCUT2D eigenvalue weighted by Gasteiger charge is 2.20. The first-order valence-electron chi connectivity index (χ1n) is 16.0. The van der Waals surface area contributed by atoms with Crippen molar-refractivity contribution in [2.75, 3.05) is 4.90 Å². The van der Waals surface area contributed by atoms with Gasteiger partial charge in [0.05, 0.1) is 16.7 Å². The van der Waals surface area contributed by atoms with Crippen LogP contribution in [-0.4, -0.2) is 4.57 Å². The maximum absolute atomic E-state index is 2.45. The van der Waals surface area contributed by atoms with E-state index in [1.54, 1.807) is 0 Å². The molecule has 2 nitrogen and oxygen atoms in total. The second kappa shape index (κ2) is 10.3. The average molecular weight is 617 g/mol. The zero-order valence-electron chi connectivity index (χ0n) is 25.5. The smallest absolute Gasteiger partial charge is 0.0561 e. The van der Waals surface area contributed by atoms with Crippen molar-refractivity contribution in [3.05, 3.63) is 170 Å². The SMILES string of the molecule is c1ccc(N(c2ccc3c4ccccc4n(-c4ccc5sc6ccccc6c5c4)c3c2)c2cc3ccccc3c3ccccc23)cc1. The normalized spacial score (nSPS) is 11.8. The van der Waals surface area contributed by atoms with E-state index in [-0.39, 0.29) is 0 Å². The van der Waals surface area contributed by atoms with Gasteiger partial charge in [-0.1, -0.05) is 109 Å². The van der Waals surface area contributed by atoms with Gasteiger partial charge in [-0.25, -0.2) is 0 Å². The van der Waals surface area contributed by atoms with E-state index in [4.69, 9.17) is 0 Å². The van der Waals surface area contributed by atoms with E-state index in [9.17, 15) is 0 Å². The Morgan fingerprint density at radius 1 is 0.383 bits per heavy atom. The Bertz CT molecular complexity index is 2810. The molecule has 220 valence electrons. The van der Waals surface area contributed by atoms with Crippen LogP contribution in [0.25, 0.3) is 69.2 Å². The summed E-state index contributed by atoms with van der Waals surface area (Å²) >= 11 is 1.86. The molecule has 0 amide bonds. The van der Waals surface area contributed by atoms with Crippen LogP contribution in [0, 0.1) is 0 Å². The van der Waals surface area contributed by atoms with Gasteiger partial charge in [0.15, 0.2) is 0 Å². The van der Waals surface area contributed by atoms with Crippen LogP contribution in [0.4, 0.5) is 17.1 Å². The second-order valence-electron chi connectivity index (χ2n) is 12.2. The molecule has 0 unspecified atom stereocenters. The largest absolute Gasteiger partial charge is 0.310 e. The number of hydrogen-bond donors (Lipinski definition) is 0. The van der Waals surface area contributed by atoms with Crippen LogP contribution in [0.3, 0.4) is 0 Å². The molecule has 2 heterocycles. The van der Waals surface area contributed by atoms with Gasteiger partial charge in [0.2, 0.25) is 0 Å². The molecule has 0 atom stereocenters. The van der Waals surface area contributed by atoms with Gasteiger partial charge in [-0.05, 0) is 76.8 Å². The molecule has 8 aromatic carbocycles. The van der Waals surface area contributed by atoms with Crippen molar-refractivity contribution < 1.29 is 0 Å². The minimum Gasteiger partial charge on any atom is -0.310 e. The third kappa shape index (κ3) is 4.04. The Morgan fingerprint density at radius 2 is 1.04 bits per heavy atom. The molecule has 0 saturated heterocycles. The third-order valence-electron chi connectivity index (χ3n) is 9.54. The molecular formula is C44H28N2S. The van der Waals surface area contributed by atoms with Crippen LogP contribution in [-0.2, 0) is 0 Å². The number of aromatic nitrogens is 1. The molecule has 0 fully saturated rings. The van der Waals surface area contributed by atoms with Gasteiger partial charge >= 0.3 is 0 Å². The summed E-state index contributed by atoms with van der Waals surface area (Å²) < 4.78 is 5.09. The number of hydrogen-bond acceptors (Lipinski definition) is 2. The molecular weight excluding hydrogens is 589 g/mol. The van der Waals surface area contributed by atoms with E-state index in [0.717, 1.165) is 11.4 Å². The van der Waals surface area contributed by atoms with Gasteiger partial charge in [-0.3, -0.25) is 0 Å². The predicted octanol–water partition coefficient (Wildman–Crippen LogP) is 12.9. The summed E-state index contributed by atoms with van der Waals surface area (Å²) in [5.74, 6) is 0. The quantitative estimate of drug-likeness (QED) is 0.179. The van der Waals surface area contributed by atoms with E-state index in [1.807, 2.05) is 11.3 Å². The molecule has 0 saturated carbocycles. The summed E-state index contributed by atoms with van der Waals surface area (Å²) in [5, 5.41) is 10.1. The van der Waals surface area contributed by atoms with Gasteiger partial charge in [0.25, 0.3) is 0 Å². The van der Waals surface area contributed by atoms with E-state index < -0.39 is 0 Å². The van der Waals surface area contributed by atoms with Crippen molar-refractivity contribution >= 4 is 91.9 Å². The van der Waals surface area contributed by atoms with Gasteiger partial charge in [0, 0.05) is 53.4 Å². The van der Waals surface area contributed by atoms with Crippen LogP contribution >= 0.6 is 11.3 Å². The third-order valence-corrected chi connectivity index (χ3v) is 10.7. The molecule has 0 radical (unpaired) electrons. The second-order valence-corrected chi connectivity index (χ2v) is 13.2. The lowest BCUT2D eigenvalue weighted by molar-refractivity contribution is 1.18. The molecule has 10 rings (SSSR count). The molecule has 0 N–H and O–H groups in total. The molecule has 0 bridgehead atoms. The Hall–Kier alpha value is -5.90. The number of nitrogens with zero attached hydrogens (tertiary/aromatic N) is 2. The minimum absolute atomic E-state index is 1.12. The van der Waals surface area contributed by atoms with Crippen LogP contribution < -0.4 is 4.90 Å². The highest BCUT2D eigenvalue weighted by atomic mass is 32.1. The van der Waals surface area contributed by atoms with Crippen LogP contribution in [0.15, 0.2) is 170 Å². The molecule has 47 heavy (non-hydrogen) atoms. The minimum atomic E-state index is 1.12. The first-order chi connectivity index (χ1) is 23.3. The molecule has 2 aromatic heterocycles. The molecule has 0 aliphatic rings. The fourth-order valence-electron chi connectivity index (χ4n) is 7.45. The first-order valence-corrected chi connectivity index (χ1v) is 16.8. The summed E-state index contributed by atoms with van der Waals surface area (Å²) in [5.41, 5.74) is 6.98. The highest BCUT2D eigenvalue weighted by molar-refractivity contribution is 7.25. The Labute approximate surface area is 276 Å². The van der Waals surface area contributed by atoms with Crippen molar-refractivity contribution in [2.45, 2.75) is 0 Å². The van der Waals surface area contributed by atoms with Gasteiger partial charge in [-0.15, -0.1) is 11.3 Å². The first kappa shape index (κ1) is 26.3. The standard InChI is InChI=1S/C44H28N2S/c1-2-13-30(14-3-1)45(41-26-29-12-4-5-15-33(29)34-16-6-7-17-35(34)41)32-22-24-37-36-18-8-10-20-40(36)46(42(37)28-32)31-23-25-44-39(27-31)38-19-9-11-21-43(38)47-44/h1-28H. The topological polar surface area (TPSA) is 8.17 Å². The zero-order valence-corrected chi connectivity index (χ0v) is 26.3. The number of para-hydroxylation sites is 2. The molecule has 3 heteroatoms. The van der Waals surface area contributed by atoms with E-state index in [0.29, 0.717) is 0 Å². The van der Waals surface area contributed by atoms with Gasteiger partial charge in [-0.2, -0.15) is 0 Å². The fraction of sp³-hybridized carbons (Fsp3) is 0. The van der Waals surface area contributed by atoms with Crippen molar-refractivity contribution in [1.29, 1.82) is 0 Å². The maximum Gasteiger partial charge on any atom is 0.0561 e. The molecule has 0 spiro atoms. The Kier molecular flexibility index (Phi) is 5.78. The number of thiophene rings is 1. The van der Waals surface area contributed by atoms with Gasteiger partial charge < -0.3 is 9.47 Å². The lowest BCUT2D eigenvalue weighted by Crippen LogP contribution is -2.10. The highest BCUT2D eigenvalue weighted by Crippen LogP contribution is 2.44. The number of rotatable bonds is 4. The Balaban J connectivity index is 1.27. The van der Waals surface area contributed by atoms with Crippen molar-refractivity contribution in [3.63, 3.8) is 0 Å². The lowest BCUT2D eigenvalue weighted by atomic mass is 9.99. The molecule has 0 aliphatic heterocycles. The van der Waals surface area contributed by atoms with Crippen LogP contribution in [0.5, 0.6) is 0 Å². The van der Waals surface area contributed by atoms with Crippen molar-refractivity contribution in [2.24, 2.45) is 0 Å². The summed E-state index contributed by atoms with van der Waals surface area (Å²) in [6.45, 7) is 0. The maximum atomic E-state index is 2.45.